The van der Waals surface area contributed by atoms with Gasteiger partial charge in [0.25, 0.3) is 0 Å². The van der Waals surface area contributed by atoms with Gasteiger partial charge in [0.05, 0.1) is 12.6 Å². The summed E-state index contributed by atoms with van der Waals surface area (Å²) in [5.41, 5.74) is -2.55. The third kappa shape index (κ3) is 6.86. The summed E-state index contributed by atoms with van der Waals surface area (Å²) in [6, 6.07) is -0.896. The summed E-state index contributed by atoms with van der Waals surface area (Å²) >= 11 is 0. The van der Waals surface area contributed by atoms with Gasteiger partial charge in [-0.1, -0.05) is 13.8 Å². The van der Waals surface area contributed by atoms with Crippen LogP contribution in [0.5, 0.6) is 0 Å². The van der Waals surface area contributed by atoms with Gasteiger partial charge < -0.3 is 20.3 Å². The number of ketones is 1. The molecule has 0 aliphatic carbocycles. The van der Waals surface area contributed by atoms with Crippen molar-refractivity contribution in [2.24, 2.45) is 5.92 Å². The summed E-state index contributed by atoms with van der Waals surface area (Å²) in [6.45, 7) is 9.46. The fourth-order valence-corrected chi connectivity index (χ4v) is 1.61. The van der Waals surface area contributed by atoms with Crippen LogP contribution in [0.15, 0.2) is 0 Å². The normalized spacial score (nSPS) is 16.4. The van der Waals surface area contributed by atoms with E-state index in [2.05, 4.69) is 5.32 Å². The lowest BCUT2D eigenvalue weighted by atomic mass is 9.90. The van der Waals surface area contributed by atoms with Gasteiger partial charge in [-0.05, 0) is 40.0 Å². The first-order valence-electron chi connectivity index (χ1n) is 6.76. The molecule has 0 spiro atoms. The van der Waals surface area contributed by atoms with E-state index >= 15 is 0 Å². The molecule has 6 nitrogen and oxygen atoms in total. The average molecular weight is 289 g/mol. The number of alkyl carbamates (subject to hydrolysis) is 1. The van der Waals surface area contributed by atoms with Gasteiger partial charge in [-0.25, -0.2) is 4.79 Å². The molecule has 6 heteroatoms. The van der Waals surface area contributed by atoms with Crippen LogP contribution in [0.2, 0.25) is 0 Å². The Morgan fingerprint density at radius 3 is 2.05 bits per heavy atom. The van der Waals surface area contributed by atoms with Crippen LogP contribution >= 0.6 is 0 Å². The van der Waals surface area contributed by atoms with E-state index in [9.17, 15) is 14.7 Å². The molecule has 1 amide bonds. The predicted molar refractivity (Wildman–Crippen MR) is 75.3 cm³/mol. The molecule has 0 aliphatic rings. The minimum Gasteiger partial charge on any atom is -0.444 e. The van der Waals surface area contributed by atoms with Crippen LogP contribution in [-0.2, 0) is 9.53 Å². The lowest BCUT2D eigenvalue weighted by Crippen LogP contribution is -2.53. The van der Waals surface area contributed by atoms with Crippen molar-refractivity contribution >= 4 is 11.9 Å². The maximum Gasteiger partial charge on any atom is 0.408 e. The quantitative estimate of drug-likeness (QED) is 0.683. The van der Waals surface area contributed by atoms with Crippen LogP contribution < -0.4 is 5.32 Å². The first-order chi connectivity index (χ1) is 8.89. The van der Waals surface area contributed by atoms with Gasteiger partial charge in [0, 0.05) is 0 Å². The van der Waals surface area contributed by atoms with E-state index in [1.54, 1.807) is 20.8 Å². The number of carbonyl (C=O) groups excluding carboxylic acids is 2. The summed E-state index contributed by atoms with van der Waals surface area (Å²) < 4.78 is 5.10. The molecular weight excluding hydrogens is 262 g/mol. The zero-order chi connectivity index (χ0) is 16.1. The second-order valence-corrected chi connectivity index (χ2v) is 6.62. The number of carbonyl (C=O) groups is 2. The Kier molecular flexibility index (Phi) is 6.64. The topological polar surface area (TPSA) is 95.9 Å². The van der Waals surface area contributed by atoms with Gasteiger partial charge in [0.15, 0.2) is 5.78 Å². The number of ether oxygens (including phenoxy) is 1. The third-order valence-electron chi connectivity index (χ3n) is 2.55. The lowest BCUT2D eigenvalue weighted by molar-refractivity contribution is -0.142. The number of aliphatic hydroxyl groups excluding tert-OH is 1. The summed E-state index contributed by atoms with van der Waals surface area (Å²) in [5, 5.41) is 21.3. The molecule has 0 fully saturated rings. The number of amides is 1. The summed E-state index contributed by atoms with van der Waals surface area (Å²) in [4.78, 5) is 23.9. The summed E-state index contributed by atoms with van der Waals surface area (Å²) in [6.07, 6.45) is -0.362. The van der Waals surface area contributed by atoms with Crippen molar-refractivity contribution in [2.45, 2.75) is 65.2 Å². The van der Waals surface area contributed by atoms with Gasteiger partial charge in [0.1, 0.15) is 11.2 Å². The van der Waals surface area contributed by atoms with Crippen molar-refractivity contribution in [2.75, 3.05) is 6.61 Å². The van der Waals surface area contributed by atoms with Crippen LogP contribution in [0, 0.1) is 5.92 Å². The van der Waals surface area contributed by atoms with Crippen molar-refractivity contribution in [3.05, 3.63) is 0 Å². The number of Topliss-reactive ketones (excluding diaryl/α,β-unsaturated/α-hetero) is 1. The fourth-order valence-electron chi connectivity index (χ4n) is 1.61. The van der Waals surface area contributed by atoms with E-state index in [0.717, 1.165) is 0 Å². The smallest absolute Gasteiger partial charge is 0.408 e. The molecular formula is C14H27NO5. The Morgan fingerprint density at radius 2 is 1.70 bits per heavy atom. The first-order valence-corrected chi connectivity index (χ1v) is 6.76. The van der Waals surface area contributed by atoms with Gasteiger partial charge >= 0.3 is 6.09 Å². The molecule has 0 heterocycles. The van der Waals surface area contributed by atoms with Crippen molar-refractivity contribution in [3.63, 3.8) is 0 Å². The molecule has 0 aromatic carbocycles. The van der Waals surface area contributed by atoms with E-state index in [4.69, 9.17) is 9.84 Å². The maximum atomic E-state index is 12.2. The van der Waals surface area contributed by atoms with Crippen molar-refractivity contribution < 1.29 is 24.5 Å². The molecule has 118 valence electrons. The SMILES string of the molecule is CC(C)C[C@H](NC(=O)OC(C)(C)C)C(=O)[C@](C)(O)CO. The number of nitrogens with one attached hydrogen (secondary N) is 1. The van der Waals surface area contributed by atoms with Crippen molar-refractivity contribution in [1.82, 2.24) is 5.32 Å². The summed E-state index contributed by atoms with van der Waals surface area (Å²) in [5.74, 6) is -0.493. The molecule has 0 saturated carbocycles. The third-order valence-corrected chi connectivity index (χ3v) is 2.55. The molecule has 0 aromatic rings. The van der Waals surface area contributed by atoms with Gasteiger partial charge in [0.2, 0.25) is 0 Å². The van der Waals surface area contributed by atoms with E-state index in [1.165, 1.54) is 6.92 Å². The second kappa shape index (κ2) is 7.04. The Balaban J connectivity index is 4.91. The molecule has 0 aliphatic heterocycles. The Bertz CT molecular complexity index is 344. The molecule has 0 radical (unpaired) electrons. The number of hydrogen-bond donors (Lipinski definition) is 3. The summed E-state index contributed by atoms with van der Waals surface area (Å²) in [7, 11) is 0. The van der Waals surface area contributed by atoms with Crippen LogP contribution in [0.4, 0.5) is 4.79 Å². The van der Waals surface area contributed by atoms with Crippen molar-refractivity contribution in [1.29, 1.82) is 0 Å². The fraction of sp³-hybridized carbons (Fsp3) is 0.857. The van der Waals surface area contributed by atoms with Gasteiger partial charge in [-0.3, -0.25) is 4.79 Å². The van der Waals surface area contributed by atoms with Crippen LogP contribution in [0.1, 0.15) is 48.0 Å². The number of hydrogen-bond acceptors (Lipinski definition) is 5. The number of rotatable bonds is 6. The van der Waals surface area contributed by atoms with E-state index in [1.807, 2.05) is 13.8 Å². The zero-order valence-corrected chi connectivity index (χ0v) is 13.2. The molecule has 0 saturated heterocycles. The number of aliphatic hydroxyl groups is 2. The van der Waals surface area contributed by atoms with E-state index in [-0.39, 0.29) is 5.92 Å². The van der Waals surface area contributed by atoms with Crippen LogP contribution in [0.25, 0.3) is 0 Å². The Labute approximate surface area is 120 Å². The highest BCUT2D eigenvalue weighted by atomic mass is 16.6. The van der Waals surface area contributed by atoms with E-state index in [0.29, 0.717) is 6.42 Å². The molecule has 0 rings (SSSR count). The zero-order valence-electron chi connectivity index (χ0n) is 13.2. The molecule has 0 aromatic heterocycles. The first kappa shape index (κ1) is 18.9. The minimum atomic E-state index is -1.88. The maximum absolute atomic E-state index is 12.2. The van der Waals surface area contributed by atoms with Crippen molar-refractivity contribution in [3.8, 4) is 0 Å². The Morgan fingerprint density at radius 1 is 1.20 bits per heavy atom. The minimum absolute atomic E-state index is 0.133. The average Bonchev–Trinajstić information content (AvgIpc) is 2.23. The van der Waals surface area contributed by atoms with Gasteiger partial charge in [-0.2, -0.15) is 0 Å². The highest BCUT2D eigenvalue weighted by molar-refractivity contribution is 5.93. The molecule has 20 heavy (non-hydrogen) atoms. The largest absolute Gasteiger partial charge is 0.444 e. The molecule has 3 N–H and O–H groups in total. The highest BCUT2D eigenvalue weighted by Gasteiger charge is 2.37. The second-order valence-electron chi connectivity index (χ2n) is 6.62. The Hall–Kier alpha value is -1.14. The van der Waals surface area contributed by atoms with Crippen LogP contribution in [0.3, 0.4) is 0 Å². The van der Waals surface area contributed by atoms with E-state index < -0.39 is 35.7 Å². The van der Waals surface area contributed by atoms with Crippen LogP contribution in [-0.4, -0.2) is 45.9 Å². The molecule has 0 bridgehead atoms. The predicted octanol–water partition coefficient (Wildman–Crippen LogP) is 1.24. The monoisotopic (exact) mass is 289 g/mol. The molecule has 2 atom stereocenters. The molecule has 0 unspecified atom stereocenters. The standard InChI is InChI=1S/C14H27NO5/c1-9(2)7-10(11(17)14(6,19)8-16)15-12(18)20-13(3,4)5/h9-10,16,19H,7-8H2,1-6H3,(H,15,18)/t10-,14+/m0/s1. The lowest BCUT2D eigenvalue weighted by Gasteiger charge is -2.28. The highest BCUT2D eigenvalue weighted by Crippen LogP contribution is 2.15. The van der Waals surface area contributed by atoms with Gasteiger partial charge in [-0.15, -0.1) is 0 Å².